The maximum atomic E-state index is 12.7. The minimum Gasteiger partial charge on any atom is -0.494 e. The zero-order chi connectivity index (χ0) is 31.3. The molecule has 0 amide bonds. The Morgan fingerprint density at radius 3 is 2.07 bits per heavy atom. The van der Waals surface area contributed by atoms with Crippen molar-refractivity contribution in [2.45, 2.75) is 58.3 Å². The van der Waals surface area contributed by atoms with Crippen molar-refractivity contribution in [3.63, 3.8) is 0 Å². The van der Waals surface area contributed by atoms with Crippen LogP contribution < -0.4 is 16.2 Å². The Hall–Kier alpha value is -4.84. The largest absolute Gasteiger partial charge is 0.494 e. The Morgan fingerprint density at radius 2 is 1.41 bits per heavy atom. The molecule has 0 heterocycles. The normalized spacial score (nSPS) is 11.1. The van der Waals surface area contributed by atoms with Gasteiger partial charge in [0.15, 0.2) is 5.78 Å². The van der Waals surface area contributed by atoms with Gasteiger partial charge in [-0.1, -0.05) is 99.3 Å². The van der Waals surface area contributed by atoms with Crippen LogP contribution in [0.25, 0.3) is 17.2 Å². The highest BCUT2D eigenvalue weighted by Gasteiger charge is 2.14. The van der Waals surface area contributed by atoms with Gasteiger partial charge in [0, 0.05) is 16.9 Å². The Bertz CT molecular complexity index is 1560. The molecular weight excluding hydrogens is 548 g/mol. The highest BCUT2D eigenvalue weighted by molar-refractivity contribution is 6.07. The van der Waals surface area contributed by atoms with Gasteiger partial charge in [0.05, 0.1) is 12.2 Å². The molecule has 0 aliphatic heterocycles. The molecule has 228 valence electrons. The first-order valence-electron chi connectivity index (χ1n) is 15.4. The second-order valence-corrected chi connectivity index (χ2v) is 11.1. The van der Waals surface area contributed by atoms with Crippen LogP contribution in [0.4, 0.5) is 11.4 Å². The monoisotopic (exact) mass is 590 g/mol. The van der Waals surface area contributed by atoms with Crippen molar-refractivity contribution in [1.29, 1.82) is 0 Å². The molecule has 4 aromatic rings. The standard InChI is InChI=1S/C38H42N2O4/c1-2-8-27-10-15-29(16-11-27)30-17-19-31(20-18-30)37(41)23-14-28-12-21-33(22-13-28)44-24-7-5-3-4-6-9-34-35(38(42)43)25-32(39)26-36(34)40/h10-23,25-26H,2-9,24,39-40H2,1H3,(H,42,43)/b23-14+. The molecule has 6 heteroatoms. The first-order valence-corrected chi connectivity index (χ1v) is 15.4. The summed E-state index contributed by atoms with van der Waals surface area (Å²) in [4.78, 5) is 24.2. The van der Waals surface area contributed by atoms with E-state index in [1.165, 1.54) is 11.6 Å². The fourth-order valence-electron chi connectivity index (χ4n) is 5.23. The number of carbonyl (C=O) groups excluding carboxylic acids is 1. The highest BCUT2D eigenvalue weighted by Crippen LogP contribution is 2.25. The topological polar surface area (TPSA) is 116 Å². The number of allylic oxidation sites excluding steroid dienone is 1. The van der Waals surface area contributed by atoms with Crippen molar-refractivity contribution in [3.05, 3.63) is 119 Å². The van der Waals surface area contributed by atoms with Crippen molar-refractivity contribution >= 4 is 29.2 Å². The van der Waals surface area contributed by atoms with Gasteiger partial charge in [-0.3, -0.25) is 4.79 Å². The molecule has 4 aromatic carbocycles. The number of ketones is 1. The van der Waals surface area contributed by atoms with E-state index >= 15 is 0 Å². The van der Waals surface area contributed by atoms with Crippen molar-refractivity contribution in [2.75, 3.05) is 18.1 Å². The maximum Gasteiger partial charge on any atom is 0.336 e. The van der Waals surface area contributed by atoms with Crippen LogP contribution in [0.5, 0.6) is 5.75 Å². The zero-order valence-corrected chi connectivity index (χ0v) is 25.4. The number of unbranched alkanes of at least 4 members (excludes halogenated alkanes) is 4. The van der Waals surface area contributed by atoms with Crippen LogP contribution in [0, 0.1) is 0 Å². The van der Waals surface area contributed by atoms with Crippen LogP contribution >= 0.6 is 0 Å². The Labute approximate surface area is 260 Å². The second kappa shape index (κ2) is 16.1. The molecule has 0 radical (unpaired) electrons. The lowest BCUT2D eigenvalue weighted by molar-refractivity contribution is 0.0695. The molecule has 0 saturated heterocycles. The average Bonchev–Trinajstić information content (AvgIpc) is 3.03. The number of hydrogen-bond donors (Lipinski definition) is 3. The Kier molecular flexibility index (Phi) is 11.8. The molecule has 0 fully saturated rings. The van der Waals surface area contributed by atoms with Crippen molar-refractivity contribution < 1.29 is 19.4 Å². The van der Waals surface area contributed by atoms with E-state index in [0.29, 0.717) is 35.5 Å². The predicted octanol–water partition coefficient (Wildman–Crippen LogP) is 8.64. The molecule has 0 aromatic heterocycles. The van der Waals surface area contributed by atoms with E-state index in [-0.39, 0.29) is 11.3 Å². The first kappa shape index (κ1) is 32.1. The van der Waals surface area contributed by atoms with Gasteiger partial charge in [-0.15, -0.1) is 0 Å². The van der Waals surface area contributed by atoms with Crippen LogP contribution in [0.3, 0.4) is 0 Å². The Morgan fingerprint density at radius 1 is 0.773 bits per heavy atom. The molecule has 6 nitrogen and oxygen atoms in total. The van der Waals surface area contributed by atoms with Crippen LogP contribution in [-0.4, -0.2) is 23.5 Å². The molecule has 4 rings (SSSR count). The fourth-order valence-corrected chi connectivity index (χ4v) is 5.23. The minimum absolute atomic E-state index is 0.0329. The molecule has 5 N–H and O–H groups in total. The van der Waals surface area contributed by atoms with Gasteiger partial charge in [0.2, 0.25) is 0 Å². The van der Waals surface area contributed by atoms with E-state index in [2.05, 4.69) is 31.2 Å². The van der Waals surface area contributed by atoms with E-state index in [0.717, 1.165) is 67.4 Å². The van der Waals surface area contributed by atoms with Gasteiger partial charge in [0.25, 0.3) is 0 Å². The number of ether oxygens (including phenoxy) is 1. The van der Waals surface area contributed by atoms with Gasteiger partial charge in [-0.2, -0.15) is 0 Å². The van der Waals surface area contributed by atoms with Gasteiger partial charge < -0.3 is 21.3 Å². The number of carboxylic acids is 1. The number of carboxylic acid groups (broad SMARTS) is 1. The molecule has 0 atom stereocenters. The van der Waals surface area contributed by atoms with Crippen LogP contribution in [-0.2, 0) is 12.8 Å². The predicted molar refractivity (Wildman–Crippen MR) is 180 cm³/mol. The lowest BCUT2D eigenvalue weighted by Gasteiger charge is -2.11. The summed E-state index contributed by atoms with van der Waals surface area (Å²) < 4.78 is 5.88. The number of hydrogen-bond acceptors (Lipinski definition) is 5. The van der Waals surface area contributed by atoms with Gasteiger partial charge in [0.1, 0.15) is 5.75 Å². The second-order valence-electron chi connectivity index (χ2n) is 11.1. The molecule has 44 heavy (non-hydrogen) atoms. The molecule has 0 unspecified atom stereocenters. The third kappa shape index (κ3) is 9.33. The molecule has 0 bridgehead atoms. The quantitative estimate of drug-likeness (QED) is 0.0521. The molecule has 0 aliphatic carbocycles. The van der Waals surface area contributed by atoms with Crippen LogP contribution in [0.15, 0.2) is 91.0 Å². The maximum absolute atomic E-state index is 12.7. The average molecular weight is 591 g/mol. The number of benzene rings is 4. The molecule has 0 aliphatic rings. The Balaban J connectivity index is 1.15. The van der Waals surface area contributed by atoms with Gasteiger partial charge >= 0.3 is 5.97 Å². The van der Waals surface area contributed by atoms with E-state index < -0.39 is 5.97 Å². The van der Waals surface area contributed by atoms with Gasteiger partial charge in [-0.25, -0.2) is 4.79 Å². The van der Waals surface area contributed by atoms with Crippen molar-refractivity contribution in [1.82, 2.24) is 0 Å². The van der Waals surface area contributed by atoms with Gasteiger partial charge in [-0.05, 0) is 83.8 Å². The summed E-state index contributed by atoms with van der Waals surface area (Å²) in [6.07, 6.45) is 11.1. The summed E-state index contributed by atoms with van der Waals surface area (Å²) in [5.74, 6) is -0.236. The SMILES string of the molecule is CCCc1ccc(-c2ccc(C(=O)/C=C/c3ccc(OCCCCCCCc4c(N)cc(N)cc4C(=O)O)cc3)cc2)cc1. The summed E-state index contributed by atoms with van der Waals surface area (Å²) in [5, 5.41) is 9.43. The third-order valence-electron chi connectivity index (χ3n) is 7.68. The summed E-state index contributed by atoms with van der Waals surface area (Å²) in [6, 6.07) is 27.2. The fraction of sp³-hybridized carbons (Fsp3) is 0.263. The number of rotatable bonds is 16. The summed E-state index contributed by atoms with van der Waals surface area (Å²) in [6.45, 7) is 2.81. The first-order chi connectivity index (χ1) is 21.3. The van der Waals surface area contributed by atoms with Crippen LogP contribution in [0.2, 0.25) is 0 Å². The third-order valence-corrected chi connectivity index (χ3v) is 7.68. The lowest BCUT2D eigenvalue weighted by atomic mass is 9.98. The number of aromatic carboxylic acids is 1. The summed E-state index contributed by atoms with van der Waals surface area (Å²) >= 11 is 0. The molecule has 0 saturated carbocycles. The number of carbonyl (C=O) groups is 2. The zero-order valence-electron chi connectivity index (χ0n) is 25.4. The molecular formula is C38H42N2O4. The number of anilines is 2. The van der Waals surface area contributed by atoms with Crippen molar-refractivity contribution in [2.24, 2.45) is 0 Å². The number of nitrogens with two attached hydrogens (primary N) is 2. The van der Waals surface area contributed by atoms with E-state index in [1.54, 1.807) is 12.1 Å². The lowest BCUT2D eigenvalue weighted by Crippen LogP contribution is -2.07. The summed E-state index contributed by atoms with van der Waals surface area (Å²) in [5.41, 5.74) is 18.6. The van der Waals surface area contributed by atoms with Crippen molar-refractivity contribution in [3.8, 4) is 16.9 Å². The summed E-state index contributed by atoms with van der Waals surface area (Å²) in [7, 11) is 0. The van der Waals surface area contributed by atoms with E-state index in [4.69, 9.17) is 16.2 Å². The van der Waals surface area contributed by atoms with E-state index in [1.807, 2.05) is 54.6 Å². The smallest absolute Gasteiger partial charge is 0.336 e. The van der Waals surface area contributed by atoms with Crippen LogP contribution in [0.1, 0.15) is 82.9 Å². The number of nitrogen functional groups attached to an aromatic ring is 2. The molecule has 0 spiro atoms. The van der Waals surface area contributed by atoms with E-state index in [9.17, 15) is 14.7 Å². The number of aryl methyl sites for hydroxylation is 1. The highest BCUT2D eigenvalue weighted by atomic mass is 16.5. The minimum atomic E-state index is -1.00.